The smallest absolute Gasteiger partial charge is 0.355 e. The third kappa shape index (κ3) is 5.32. The quantitative estimate of drug-likeness (QED) is 0.0955. The van der Waals surface area contributed by atoms with Crippen molar-refractivity contribution in [3.05, 3.63) is 68.6 Å². The van der Waals surface area contributed by atoms with Gasteiger partial charge in [-0.2, -0.15) is 5.10 Å². The Labute approximate surface area is 202 Å². The first-order valence-corrected chi connectivity index (χ1v) is 10.3. The van der Waals surface area contributed by atoms with E-state index in [0.717, 1.165) is 19.2 Å². The summed E-state index contributed by atoms with van der Waals surface area (Å²) in [5.41, 5.74) is -2.38. The zero-order chi connectivity index (χ0) is 26.4. The molecule has 1 amide bonds. The van der Waals surface area contributed by atoms with Crippen LogP contribution in [0.25, 0.3) is 11.0 Å². The predicted octanol–water partition coefficient (Wildman–Crippen LogP) is 1.01. The van der Waals surface area contributed by atoms with Gasteiger partial charge in [0.2, 0.25) is 5.78 Å². The van der Waals surface area contributed by atoms with Gasteiger partial charge < -0.3 is 25.6 Å². The molecular formula is C22H20N6O8. The summed E-state index contributed by atoms with van der Waals surface area (Å²) in [6.45, 7) is 2.23. The molecule has 3 rings (SSSR count). The van der Waals surface area contributed by atoms with Crippen LogP contribution in [0.3, 0.4) is 0 Å². The fourth-order valence-electron chi connectivity index (χ4n) is 3.25. The monoisotopic (exact) mass is 496 g/mol. The predicted molar refractivity (Wildman–Crippen MR) is 127 cm³/mol. The van der Waals surface area contributed by atoms with Crippen LogP contribution >= 0.6 is 0 Å². The summed E-state index contributed by atoms with van der Waals surface area (Å²) in [5.74, 6) is 0.267. The van der Waals surface area contributed by atoms with Gasteiger partial charge in [-0.15, -0.1) is 0 Å². The number of aromatic nitrogens is 2. The Bertz CT molecular complexity index is 1430. The molecule has 0 aliphatic carbocycles. The van der Waals surface area contributed by atoms with Crippen LogP contribution in [0.5, 0.6) is 5.75 Å². The lowest BCUT2D eigenvalue weighted by Crippen LogP contribution is -2.40. The minimum atomic E-state index is -1.94. The molecule has 2 aromatic carbocycles. The number of aromatic amines is 1. The number of carbonyl (C=O) groups is 3. The van der Waals surface area contributed by atoms with Crippen molar-refractivity contribution in [1.82, 2.24) is 9.97 Å². The van der Waals surface area contributed by atoms with E-state index in [1.54, 1.807) is 19.1 Å². The number of H-pyrrole nitrogens is 1. The second-order valence-electron chi connectivity index (χ2n) is 7.12. The molecule has 14 nitrogen and oxygen atoms in total. The molecule has 186 valence electrons. The van der Waals surface area contributed by atoms with Gasteiger partial charge in [0.05, 0.1) is 29.7 Å². The SMILES string of the molecule is CCOc1ccc(NC(=O)C(=O)C(/C(=N/N)C(=O)OC)c2nc3ccc([N+](=O)[O-])cc3[nH]c2=O)cc1. The molecule has 1 unspecified atom stereocenters. The van der Waals surface area contributed by atoms with Gasteiger partial charge in [-0.3, -0.25) is 24.5 Å². The van der Waals surface area contributed by atoms with Crippen molar-refractivity contribution in [2.45, 2.75) is 12.8 Å². The van der Waals surface area contributed by atoms with Crippen LogP contribution in [0.15, 0.2) is 52.4 Å². The fraction of sp³-hybridized carbons (Fsp3) is 0.182. The lowest BCUT2D eigenvalue weighted by molar-refractivity contribution is -0.384. The fourth-order valence-corrected chi connectivity index (χ4v) is 3.25. The van der Waals surface area contributed by atoms with Crippen molar-refractivity contribution in [2.24, 2.45) is 10.9 Å². The summed E-state index contributed by atoms with van der Waals surface area (Å²) < 4.78 is 9.92. The molecule has 0 bridgehead atoms. The number of benzene rings is 2. The highest BCUT2D eigenvalue weighted by molar-refractivity contribution is 6.53. The zero-order valence-corrected chi connectivity index (χ0v) is 19.0. The van der Waals surface area contributed by atoms with E-state index in [0.29, 0.717) is 12.4 Å². The topological polar surface area (TPSA) is 209 Å². The molecule has 0 aliphatic rings. The summed E-state index contributed by atoms with van der Waals surface area (Å²) in [5, 5.41) is 16.7. The van der Waals surface area contributed by atoms with E-state index in [2.05, 4.69) is 25.1 Å². The molecule has 0 aliphatic heterocycles. The number of ether oxygens (including phenoxy) is 2. The van der Waals surface area contributed by atoms with Crippen LogP contribution in [0.1, 0.15) is 18.5 Å². The Kier molecular flexibility index (Phi) is 7.69. The van der Waals surface area contributed by atoms with Gasteiger partial charge in [0.25, 0.3) is 17.2 Å². The molecule has 14 heteroatoms. The Balaban J connectivity index is 2.05. The number of fused-ring (bicyclic) bond motifs is 1. The van der Waals surface area contributed by atoms with Gasteiger partial charge in [0.15, 0.2) is 5.71 Å². The molecular weight excluding hydrogens is 476 g/mol. The second-order valence-corrected chi connectivity index (χ2v) is 7.12. The third-order valence-corrected chi connectivity index (χ3v) is 4.90. The van der Waals surface area contributed by atoms with Crippen LogP contribution in [-0.4, -0.2) is 52.0 Å². The van der Waals surface area contributed by atoms with Crippen molar-refractivity contribution >= 4 is 45.8 Å². The molecule has 0 saturated heterocycles. The minimum absolute atomic E-state index is 0.00714. The molecule has 36 heavy (non-hydrogen) atoms. The van der Waals surface area contributed by atoms with E-state index in [-0.39, 0.29) is 22.4 Å². The number of non-ortho nitro benzene ring substituents is 1. The maximum absolute atomic E-state index is 13.2. The van der Waals surface area contributed by atoms with Gasteiger partial charge in [-0.05, 0) is 37.3 Å². The number of nitro groups is 1. The normalized spacial score (nSPS) is 12.0. The van der Waals surface area contributed by atoms with Crippen molar-refractivity contribution < 1.29 is 28.8 Å². The largest absolute Gasteiger partial charge is 0.494 e. The standard InChI is InChI=1S/C22H20N6O8/c1-3-36-13-7-4-11(5-8-13)24-21(31)19(29)16(18(27-23)22(32)35-2)17-20(30)26-15-10-12(28(33)34)6-9-14(15)25-17/h4-10,16H,3,23H2,1-2H3,(H,24,31)(H,26,30)/b27-18-. The van der Waals surface area contributed by atoms with Crippen LogP contribution in [0.4, 0.5) is 11.4 Å². The number of methoxy groups -OCH3 is 1. The highest BCUT2D eigenvalue weighted by Gasteiger charge is 2.39. The number of ketones is 1. The molecule has 0 fully saturated rings. The van der Waals surface area contributed by atoms with E-state index in [1.165, 1.54) is 18.2 Å². The number of anilines is 1. The van der Waals surface area contributed by atoms with E-state index in [1.807, 2.05) is 0 Å². The van der Waals surface area contributed by atoms with Gasteiger partial charge in [-0.1, -0.05) is 0 Å². The molecule has 1 atom stereocenters. The summed E-state index contributed by atoms with van der Waals surface area (Å²) in [4.78, 5) is 67.9. The van der Waals surface area contributed by atoms with E-state index in [4.69, 9.17) is 10.6 Å². The van der Waals surface area contributed by atoms with E-state index >= 15 is 0 Å². The maximum atomic E-state index is 13.2. The second kappa shape index (κ2) is 10.9. The number of nitro benzene ring substituents is 1. The zero-order valence-electron chi connectivity index (χ0n) is 19.0. The van der Waals surface area contributed by atoms with Crippen LogP contribution in [0.2, 0.25) is 0 Å². The van der Waals surface area contributed by atoms with Gasteiger partial charge >= 0.3 is 5.97 Å². The number of hydrogen-bond acceptors (Lipinski definition) is 11. The first kappa shape index (κ1) is 25.5. The molecule has 1 aromatic heterocycles. The number of Topliss-reactive ketones (excluding diaryl/α,β-unsaturated/α-hetero) is 1. The van der Waals surface area contributed by atoms with Crippen molar-refractivity contribution in [3.63, 3.8) is 0 Å². The molecule has 1 heterocycles. The number of nitrogens with one attached hydrogen (secondary N) is 2. The first-order valence-electron chi connectivity index (χ1n) is 10.3. The highest BCUT2D eigenvalue weighted by Crippen LogP contribution is 2.22. The number of nitrogens with zero attached hydrogens (tertiary/aromatic N) is 3. The Morgan fingerprint density at radius 3 is 2.50 bits per heavy atom. The van der Waals surface area contributed by atoms with Crippen LogP contribution in [-0.2, 0) is 19.1 Å². The highest BCUT2D eigenvalue weighted by atomic mass is 16.6. The first-order chi connectivity index (χ1) is 17.2. The van der Waals surface area contributed by atoms with Gasteiger partial charge in [-0.25, -0.2) is 9.78 Å². The van der Waals surface area contributed by atoms with Crippen molar-refractivity contribution in [3.8, 4) is 5.75 Å². The molecule has 3 aromatic rings. The van der Waals surface area contributed by atoms with Crippen molar-refractivity contribution in [1.29, 1.82) is 0 Å². The molecule has 0 radical (unpaired) electrons. The lowest BCUT2D eigenvalue weighted by Gasteiger charge is -2.15. The summed E-state index contributed by atoms with van der Waals surface area (Å²) in [6, 6.07) is 9.53. The average Bonchev–Trinajstić information content (AvgIpc) is 2.87. The van der Waals surface area contributed by atoms with Crippen LogP contribution in [0, 0.1) is 10.1 Å². The Morgan fingerprint density at radius 2 is 1.92 bits per heavy atom. The third-order valence-electron chi connectivity index (χ3n) is 4.90. The molecule has 0 spiro atoms. The summed E-state index contributed by atoms with van der Waals surface area (Å²) in [7, 11) is 0.992. The molecule has 0 saturated carbocycles. The number of hydrogen-bond donors (Lipinski definition) is 3. The Hall–Kier alpha value is -5.14. The summed E-state index contributed by atoms with van der Waals surface area (Å²) >= 11 is 0. The van der Waals surface area contributed by atoms with Crippen LogP contribution < -0.4 is 21.5 Å². The molecule has 4 N–H and O–H groups in total. The Morgan fingerprint density at radius 1 is 1.22 bits per heavy atom. The number of amides is 1. The number of nitrogens with two attached hydrogens (primary N) is 1. The van der Waals surface area contributed by atoms with E-state index < -0.39 is 45.5 Å². The van der Waals surface area contributed by atoms with Gasteiger partial charge in [0, 0.05) is 17.8 Å². The number of carbonyl (C=O) groups excluding carboxylic acids is 3. The maximum Gasteiger partial charge on any atom is 0.355 e. The van der Waals surface area contributed by atoms with Crippen molar-refractivity contribution in [2.75, 3.05) is 19.0 Å². The average molecular weight is 496 g/mol. The number of rotatable bonds is 9. The summed E-state index contributed by atoms with van der Waals surface area (Å²) in [6.07, 6.45) is 0. The van der Waals surface area contributed by atoms with E-state index in [9.17, 15) is 29.3 Å². The number of esters is 1. The minimum Gasteiger partial charge on any atom is -0.494 e. The van der Waals surface area contributed by atoms with Gasteiger partial charge in [0.1, 0.15) is 17.4 Å². The number of hydrazone groups is 1. The lowest BCUT2D eigenvalue weighted by atomic mass is 9.93.